The fourth-order valence-corrected chi connectivity index (χ4v) is 1.83. The lowest BCUT2D eigenvalue weighted by Crippen LogP contribution is -2.09. The van der Waals surface area contributed by atoms with E-state index < -0.39 is 6.04 Å². The van der Waals surface area contributed by atoms with E-state index in [9.17, 15) is 4.79 Å². The van der Waals surface area contributed by atoms with Gasteiger partial charge in [0.1, 0.15) is 5.75 Å². The van der Waals surface area contributed by atoms with Crippen LogP contribution in [0.5, 0.6) is 5.75 Å². The third-order valence-corrected chi connectivity index (χ3v) is 2.87. The number of Topliss-reactive ketones (excluding diaryl/α,β-unsaturated/α-hetero) is 1. The van der Waals surface area contributed by atoms with Gasteiger partial charge in [-0.05, 0) is 24.3 Å². The van der Waals surface area contributed by atoms with Crippen molar-refractivity contribution in [2.75, 3.05) is 7.11 Å². The molecule has 0 fully saturated rings. The van der Waals surface area contributed by atoms with Gasteiger partial charge in [0.25, 0.3) is 0 Å². The lowest BCUT2D eigenvalue weighted by atomic mass is 9.98. The quantitative estimate of drug-likeness (QED) is 0.614. The van der Waals surface area contributed by atoms with E-state index in [4.69, 9.17) is 11.3 Å². The normalized spacial score (nSPS) is 11.4. The minimum absolute atomic E-state index is 0.191. The number of ketones is 1. The van der Waals surface area contributed by atoms with E-state index in [1.165, 1.54) is 0 Å². The van der Waals surface area contributed by atoms with Crippen molar-refractivity contribution in [3.63, 3.8) is 0 Å². The van der Waals surface area contributed by atoms with E-state index in [1.807, 2.05) is 18.2 Å². The zero-order valence-electron chi connectivity index (χ0n) is 10.5. The highest BCUT2D eigenvalue weighted by molar-refractivity contribution is 6.01. The number of hydrogen-bond donors (Lipinski definition) is 0. The van der Waals surface area contributed by atoms with Crippen LogP contribution in [0.1, 0.15) is 22.0 Å². The summed E-state index contributed by atoms with van der Waals surface area (Å²) in [5.74, 6) is 0.500. The summed E-state index contributed by atoms with van der Waals surface area (Å²) in [6.45, 7) is 7.24. The van der Waals surface area contributed by atoms with Crippen molar-refractivity contribution in [2.45, 2.75) is 6.04 Å². The number of rotatable bonds is 4. The van der Waals surface area contributed by atoms with E-state index >= 15 is 0 Å². The van der Waals surface area contributed by atoms with E-state index in [0.29, 0.717) is 11.3 Å². The number of carbonyl (C=O) groups excluding carboxylic acids is 1. The van der Waals surface area contributed by atoms with Crippen LogP contribution in [0.2, 0.25) is 0 Å². The van der Waals surface area contributed by atoms with E-state index in [2.05, 4.69) is 4.85 Å². The first-order valence-electron chi connectivity index (χ1n) is 5.86. The summed E-state index contributed by atoms with van der Waals surface area (Å²) in [6.07, 6.45) is 0. The number of methoxy groups -OCH3 is 1. The van der Waals surface area contributed by atoms with Crippen LogP contribution in [-0.4, -0.2) is 12.9 Å². The average molecular weight is 251 g/mol. The van der Waals surface area contributed by atoms with Crippen molar-refractivity contribution in [3.05, 3.63) is 77.1 Å². The first-order valence-corrected chi connectivity index (χ1v) is 5.86. The molecule has 2 rings (SSSR count). The third-order valence-electron chi connectivity index (χ3n) is 2.87. The fourth-order valence-electron chi connectivity index (χ4n) is 1.83. The molecule has 0 amide bonds. The molecule has 3 nitrogen and oxygen atoms in total. The van der Waals surface area contributed by atoms with Crippen molar-refractivity contribution in [3.8, 4) is 5.75 Å². The van der Waals surface area contributed by atoms with Crippen LogP contribution in [0.15, 0.2) is 54.6 Å². The summed E-state index contributed by atoms with van der Waals surface area (Å²) in [5, 5.41) is 0. The molecule has 0 bridgehead atoms. The summed E-state index contributed by atoms with van der Waals surface area (Å²) < 4.78 is 5.05. The molecule has 0 saturated heterocycles. The Hall–Kier alpha value is -2.60. The molecule has 2 aromatic rings. The molecule has 0 aliphatic heterocycles. The first-order chi connectivity index (χ1) is 9.26. The minimum Gasteiger partial charge on any atom is -0.497 e. The van der Waals surface area contributed by atoms with Crippen LogP contribution < -0.4 is 4.74 Å². The number of nitrogens with zero attached hydrogens (tertiary/aromatic N) is 1. The topological polar surface area (TPSA) is 30.7 Å². The van der Waals surface area contributed by atoms with Gasteiger partial charge in [-0.25, -0.2) is 6.57 Å². The molecule has 94 valence electrons. The summed E-state index contributed by atoms with van der Waals surface area (Å²) in [7, 11) is 1.57. The van der Waals surface area contributed by atoms with Gasteiger partial charge in [0.2, 0.25) is 5.78 Å². The maximum atomic E-state index is 12.3. The lowest BCUT2D eigenvalue weighted by molar-refractivity contribution is 0.0975. The fraction of sp³-hybridized carbons (Fsp3) is 0.125. The van der Waals surface area contributed by atoms with Crippen LogP contribution in [-0.2, 0) is 0 Å². The summed E-state index contributed by atoms with van der Waals surface area (Å²) in [5.41, 5.74) is 1.24. The maximum Gasteiger partial charge on any atom is 0.310 e. The zero-order valence-corrected chi connectivity index (χ0v) is 10.5. The molecule has 0 spiro atoms. The Kier molecular flexibility index (Phi) is 3.94. The Morgan fingerprint density at radius 1 is 1.11 bits per heavy atom. The van der Waals surface area contributed by atoms with Gasteiger partial charge >= 0.3 is 6.04 Å². The lowest BCUT2D eigenvalue weighted by Gasteiger charge is -2.06. The van der Waals surface area contributed by atoms with Crippen LogP contribution in [0.3, 0.4) is 0 Å². The predicted octanol–water partition coefficient (Wildman–Crippen LogP) is 3.54. The van der Waals surface area contributed by atoms with Crippen molar-refractivity contribution in [1.29, 1.82) is 0 Å². The Balaban J connectivity index is 2.29. The van der Waals surface area contributed by atoms with Gasteiger partial charge in [-0.1, -0.05) is 30.3 Å². The number of carbonyl (C=O) groups is 1. The number of ether oxygens (including phenoxy) is 1. The monoisotopic (exact) mass is 251 g/mol. The smallest absolute Gasteiger partial charge is 0.310 e. The predicted molar refractivity (Wildman–Crippen MR) is 73.1 cm³/mol. The Bertz CT molecular complexity index is 597. The van der Waals surface area contributed by atoms with Crippen molar-refractivity contribution >= 4 is 5.78 Å². The standard InChI is InChI=1S/C16H13NO2/c1-17-15(12-6-4-3-5-7-12)16(18)13-8-10-14(19-2)11-9-13/h3-11,15H,2H3. The third kappa shape index (κ3) is 2.80. The Labute approximate surface area is 112 Å². The highest BCUT2D eigenvalue weighted by atomic mass is 16.5. The van der Waals surface area contributed by atoms with Crippen LogP contribution >= 0.6 is 0 Å². The molecule has 0 aromatic heterocycles. The highest BCUT2D eigenvalue weighted by Gasteiger charge is 2.26. The largest absolute Gasteiger partial charge is 0.497 e. The Morgan fingerprint density at radius 2 is 1.74 bits per heavy atom. The summed E-state index contributed by atoms with van der Waals surface area (Å²) in [6, 6.07) is 15.1. The second-order valence-corrected chi connectivity index (χ2v) is 4.04. The number of benzene rings is 2. The molecule has 0 aliphatic rings. The van der Waals surface area contributed by atoms with Gasteiger partial charge in [0, 0.05) is 11.1 Å². The molecule has 19 heavy (non-hydrogen) atoms. The molecular formula is C16H13NO2. The van der Waals surface area contributed by atoms with Gasteiger partial charge in [-0.15, -0.1) is 0 Å². The molecule has 0 heterocycles. The molecule has 0 radical (unpaired) electrons. The van der Waals surface area contributed by atoms with Gasteiger partial charge in [0.15, 0.2) is 0 Å². The zero-order chi connectivity index (χ0) is 13.7. The van der Waals surface area contributed by atoms with Gasteiger partial charge in [-0.2, -0.15) is 0 Å². The molecular weight excluding hydrogens is 238 g/mol. The van der Waals surface area contributed by atoms with Crippen LogP contribution in [0, 0.1) is 6.57 Å². The van der Waals surface area contributed by atoms with E-state index in [1.54, 1.807) is 43.5 Å². The number of hydrogen-bond acceptors (Lipinski definition) is 2. The molecule has 2 aromatic carbocycles. The van der Waals surface area contributed by atoms with Crippen LogP contribution in [0.4, 0.5) is 0 Å². The van der Waals surface area contributed by atoms with Gasteiger partial charge in [-0.3, -0.25) is 9.64 Å². The van der Waals surface area contributed by atoms with Crippen LogP contribution in [0.25, 0.3) is 4.85 Å². The second-order valence-electron chi connectivity index (χ2n) is 4.04. The van der Waals surface area contributed by atoms with Crippen molar-refractivity contribution in [2.24, 2.45) is 0 Å². The minimum atomic E-state index is -0.783. The van der Waals surface area contributed by atoms with E-state index in [-0.39, 0.29) is 5.78 Å². The van der Waals surface area contributed by atoms with E-state index in [0.717, 1.165) is 5.56 Å². The van der Waals surface area contributed by atoms with Crippen molar-refractivity contribution < 1.29 is 9.53 Å². The Morgan fingerprint density at radius 3 is 2.26 bits per heavy atom. The molecule has 0 N–H and O–H groups in total. The summed E-state index contributed by atoms with van der Waals surface area (Å²) >= 11 is 0. The van der Waals surface area contributed by atoms with Gasteiger partial charge in [0.05, 0.1) is 7.11 Å². The van der Waals surface area contributed by atoms with Crippen molar-refractivity contribution in [1.82, 2.24) is 0 Å². The first kappa shape index (κ1) is 12.8. The summed E-state index contributed by atoms with van der Waals surface area (Å²) in [4.78, 5) is 15.8. The average Bonchev–Trinajstić information content (AvgIpc) is 2.49. The molecule has 0 aliphatic carbocycles. The highest BCUT2D eigenvalue weighted by Crippen LogP contribution is 2.23. The SMILES string of the molecule is [C-]#[N+]C(C(=O)c1ccc(OC)cc1)c1ccccc1. The molecule has 1 unspecified atom stereocenters. The molecule has 3 heteroatoms. The van der Waals surface area contributed by atoms with Gasteiger partial charge < -0.3 is 4.74 Å². The second kappa shape index (κ2) is 5.83. The molecule has 0 saturated carbocycles. The molecule has 1 atom stereocenters. The maximum absolute atomic E-state index is 12.3.